The molecule has 0 saturated heterocycles. The molecule has 2 aromatic rings. The van der Waals surface area contributed by atoms with E-state index in [1.54, 1.807) is 42.5 Å². The summed E-state index contributed by atoms with van der Waals surface area (Å²) in [7, 11) is 0. The van der Waals surface area contributed by atoms with Crippen molar-refractivity contribution in [2.24, 2.45) is 0 Å². The van der Waals surface area contributed by atoms with E-state index in [2.05, 4.69) is 10.6 Å². The van der Waals surface area contributed by atoms with Gasteiger partial charge in [0.05, 0.1) is 12.2 Å². The van der Waals surface area contributed by atoms with Crippen LogP contribution in [0.5, 0.6) is 0 Å². The first-order valence-electron chi connectivity index (χ1n) is 9.18. The third kappa shape index (κ3) is 7.42. The van der Waals surface area contributed by atoms with E-state index >= 15 is 0 Å². The van der Waals surface area contributed by atoms with E-state index in [9.17, 15) is 9.59 Å². The van der Waals surface area contributed by atoms with Crippen molar-refractivity contribution < 1.29 is 14.3 Å². The Bertz CT molecular complexity index is 836. The summed E-state index contributed by atoms with van der Waals surface area (Å²) in [6.45, 7) is 4.29. The van der Waals surface area contributed by atoms with Gasteiger partial charge in [-0.25, -0.2) is 4.79 Å². The van der Waals surface area contributed by atoms with Gasteiger partial charge in [0.25, 0.3) is 5.91 Å². The number of aryl methyl sites for hydroxylation is 1. The average Bonchev–Trinajstić information content (AvgIpc) is 2.67. The number of benzene rings is 2. The Balaban J connectivity index is 2.06. The second-order valence-corrected chi connectivity index (χ2v) is 8.90. The predicted octanol–water partition coefficient (Wildman–Crippen LogP) is 5.49. The van der Waals surface area contributed by atoms with Gasteiger partial charge in [-0.05, 0) is 49.7 Å². The first-order valence-corrected chi connectivity index (χ1v) is 10.3. The van der Waals surface area contributed by atoms with Crippen LogP contribution in [0.3, 0.4) is 0 Å². The lowest BCUT2D eigenvalue weighted by atomic mass is 10.1. The van der Waals surface area contributed by atoms with E-state index < -0.39 is 15.9 Å². The zero-order valence-corrected chi connectivity index (χ0v) is 18.4. The van der Waals surface area contributed by atoms with Gasteiger partial charge in [0.15, 0.2) is 0 Å². The molecule has 0 spiro atoms. The Morgan fingerprint density at radius 1 is 1.07 bits per heavy atom. The Morgan fingerprint density at radius 2 is 1.76 bits per heavy atom. The standard InChI is InChI=1S/C21H23Cl3N2O3/c1-3-4-12-29-19(28)15-8-10-17(11-9-15)25-20(21(22,23)24)26-18(27)16-7-5-6-14(2)13-16/h5-11,13,20,25H,3-4,12H2,1-2H3,(H,26,27)/t20-/m1/s1. The molecule has 2 aromatic carbocycles. The van der Waals surface area contributed by atoms with Gasteiger partial charge in [-0.2, -0.15) is 0 Å². The molecule has 29 heavy (non-hydrogen) atoms. The number of hydrogen-bond acceptors (Lipinski definition) is 4. The summed E-state index contributed by atoms with van der Waals surface area (Å²) in [5.41, 5.74) is 2.38. The number of carbonyl (C=O) groups excluding carboxylic acids is 2. The summed E-state index contributed by atoms with van der Waals surface area (Å²) in [5, 5.41) is 5.66. The molecule has 0 aliphatic carbocycles. The number of ether oxygens (including phenoxy) is 1. The molecular formula is C21H23Cl3N2O3. The number of amides is 1. The van der Waals surface area contributed by atoms with Crippen LogP contribution in [0.15, 0.2) is 48.5 Å². The van der Waals surface area contributed by atoms with E-state index in [0.29, 0.717) is 23.4 Å². The maximum Gasteiger partial charge on any atom is 0.338 e. The van der Waals surface area contributed by atoms with Gasteiger partial charge in [0.1, 0.15) is 6.17 Å². The molecule has 0 aromatic heterocycles. The Morgan fingerprint density at radius 3 is 2.34 bits per heavy atom. The maximum absolute atomic E-state index is 12.5. The number of rotatable bonds is 8. The number of esters is 1. The molecule has 0 unspecified atom stereocenters. The molecule has 1 atom stereocenters. The third-order valence-electron chi connectivity index (χ3n) is 4.05. The van der Waals surface area contributed by atoms with Gasteiger partial charge < -0.3 is 15.4 Å². The Hall–Kier alpha value is -1.95. The smallest absolute Gasteiger partial charge is 0.338 e. The number of hydrogen-bond donors (Lipinski definition) is 2. The van der Waals surface area contributed by atoms with Crippen LogP contribution in [0.2, 0.25) is 0 Å². The molecule has 0 aliphatic heterocycles. The van der Waals surface area contributed by atoms with E-state index in [1.165, 1.54) is 0 Å². The molecule has 2 rings (SSSR count). The zero-order valence-electron chi connectivity index (χ0n) is 16.2. The monoisotopic (exact) mass is 456 g/mol. The van der Waals surface area contributed by atoms with Crippen LogP contribution in [0.25, 0.3) is 0 Å². The summed E-state index contributed by atoms with van der Waals surface area (Å²) in [6, 6.07) is 13.6. The molecule has 2 N–H and O–H groups in total. The minimum atomic E-state index is -1.81. The van der Waals surface area contributed by atoms with Crippen molar-refractivity contribution in [3.05, 3.63) is 65.2 Å². The highest BCUT2D eigenvalue weighted by Gasteiger charge is 2.34. The lowest BCUT2D eigenvalue weighted by molar-refractivity contribution is 0.0499. The lowest BCUT2D eigenvalue weighted by Gasteiger charge is -2.27. The molecule has 0 fully saturated rings. The molecule has 1 amide bonds. The average molecular weight is 458 g/mol. The van der Waals surface area contributed by atoms with Crippen molar-refractivity contribution in [3.8, 4) is 0 Å². The summed E-state index contributed by atoms with van der Waals surface area (Å²) in [6.07, 6.45) is 0.766. The summed E-state index contributed by atoms with van der Waals surface area (Å²) in [5.74, 6) is -0.774. The second kappa shape index (κ2) is 10.7. The first-order chi connectivity index (χ1) is 13.7. The predicted molar refractivity (Wildman–Crippen MR) is 118 cm³/mol. The summed E-state index contributed by atoms with van der Waals surface area (Å²) in [4.78, 5) is 24.5. The van der Waals surface area contributed by atoms with Gasteiger partial charge in [0, 0.05) is 11.3 Å². The highest BCUT2D eigenvalue weighted by molar-refractivity contribution is 6.68. The van der Waals surface area contributed by atoms with E-state index in [-0.39, 0.29) is 5.91 Å². The van der Waals surface area contributed by atoms with Crippen LogP contribution in [0.1, 0.15) is 46.0 Å². The molecule has 8 heteroatoms. The van der Waals surface area contributed by atoms with Crippen LogP contribution in [0.4, 0.5) is 5.69 Å². The van der Waals surface area contributed by atoms with E-state index in [0.717, 1.165) is 18.4 Å². The quantitative estimate of drug-likeness (QED) is 0.238. The van der Waals surface area contributed by atoms with Crippen molar-refractivity contribution in [2.45, 2.75) is 36.6 Å². The molecule has 0 saturated carbocycles. The first kappa shape index (κ1) is 23.3. The fourth-order valence-corrected chi connectivity index (χ4v) is 2.79. The minimum absolute atomic E-state index is 0.381. The topological polar surface area (TPSA) is 67.4 Å². The minimum Gasteiger partial charge on any atom is -0.462 e. The van der Waals surface area contributed by atoms with Crippen molar-refractivity contribution in [3.63, 3.8) is 0 Å². The van der Waals surface area contributed by atoms with Gasteiger partial charge in [-0.15, -0.1) is 0 Å². The van der Waals surface area contributed by atoms with Crippen molar-refractivity contribution in [1.82, 2.24) is 5.32 Å². The number of unbranched alkanes of at least 4 members (excludes halogenated alkanes) is 1. The normalized spacial score (nSPS) is 12.2. The SMILES string of the molecule is CCCCOC(=O)c1ccc(N[C@H](NC(=O)c2cccc(C)c2)C(Cl)(Cl)Cl)cc1. The molecule has 0 aliphatic rings. The van der Waals surface area contributed by atoms with Gasteiger partial charge in [0.2, 0.25) is 3.79 Å². The van der Waals surface area contributed by atoms with E-state index in [1.807, 2.05) is 19.9 Å². The fourth-order valence-electron chi connectivity index (χ4n) is 2.46. The summed E-state index contributed by atoms with van der Waals surface area (Å²) < 4.78 is 3.37. The van der Waals surface area contributed by atoms with Crippen LogP contribution >= 0.6 is 34.8 Å². The number of anilines is 1. The molecule has 5 nitrogen and oxygen atoms in total. The zero-order chi connectivity index (χ0) is 21.4. The molecule has 156 valence electrons. The molecule has 0 heterocycles. The highest BCUT2D eigenvalue weighted by Crippen LogP contribution is 2.31. The second-order valence-electron chi connectivity index (χ2n) is 6.53. The number of carbonyl (C=O) groups is 2. The van der Waals surface area contributed by atoms with Gasteiger partial charge in [-0.1, -0.05) is 65.8 Å². The largest absolute Gasteiger partial charge is 0.462 e. The Kier molecular flexibility index (Phi) is 8.62. The van der Waals surface area contributed by atoms with Crippen LogP contribution in [-0.2, 0) is 4.74 Å². The Labute approximate surface area is 185 Å². The summed E-state index contributed by atoms with van der Waals surface area (Å²) >= 11 is 18.1. The molecule has 0 radical (unpaired) electrons. The van der Waals surface area contributed by atoms with Crippen LogP contribution < -0.4 is 10.6 Å². The third-order valence-corrected chi connectivity index (χ3v) is 4.70. The van der Waals surface area contributed by atoms with Gasteiger partial charge in [-0.3, -0.25) is 4.79 Å². The fraction of sp³-hybridized carbons (Fsp3) is 0.333. The number of halogens is 3. The molecular weight excluding hydrogens is 435 g/mol. The lowest BCUT2D eigenvalue weighted by Crippen LogP contribution is -2.49. The highest BCUT2D eigenvalue weighted by atomic mass is 35.6. The van der Waals surface area contributed by atoms with Crippen molar-refractivity contribution in [2.75, 3.05) is 11.9 Å². The van der Waals surface area contributed by atoms with Crippen LogP contribution in [-0.4, -0.2) is 28.4 Å². The maximum atomic E-state index is 12.5. The van der Waals surface area contributed by atoms with Crippen molar-refractivity contribution in [1.29, 1.82) is 0 Å². The van der Waals surface area contributed by atoms with Gasteiger partial charge >= 0.3 is 5.97 Å². The molecule has 0 bridgehead atoms. The number of nitrogens with one attached hydrogen (secondary N) is 2. The van der Waals surface area contributed by atoms with Crippen molar-refractivity contribution >= 4 is 52.4 Å². The number of alkyl halides is 3. The van der Waals surface area contributed by atoms with E-state index in [4.69, 9.17) is 39.5 Å². The van der Waals surface area contributed by atoms with Crippen LogP contribution in [0, 0.1) is 6.92 Å².